The molecule has 1 heterocycles. The first-order chi connectivity index (χ1) is 12.7. The van der Waals surface area contributed by atoms with Gasteiger partial charge in [0.1, 0.15) is 5.75 Å². The van der Waals surface area contributed by atoms with Crippen LogP contribution >= 0.6 is 12.2 Å². The van der Waals surface area contributed by atoms with Crippen molar-refractivity contribution in [2.45, 2.75) is 64.0 Å². The quantitative estimate of drug-likeness (QED) is 0.773. The molecule has 0 spiro atoms. The Bertz CT molecular complexity index is 563. The van der Waals surface area contributed by atoms with E-state index in [1.54, 1.807) is 4.90 Å². The molecule has 144 valence electrons. The highest BCUT2D eigenvalue weighted by molar-refractivity contribution is 7.80. The lowest BCUT2D eigenvalue weighted by Crippen LogP contribution is -3.17. The van der Waals surface area contributed by atoms with Crippen molar-refractivity contribution in [2.24, 2.45) is 0 Å². The fourth-order valence-corrected chi connectivity index (χ4v) is 4.73. The van der Waals surface area contributed by atoms with Crippen molar-refractivity contribution in [2.75, 3.05) is 32.1 Å². The molecule has 0 aromatic heterocycles. The van der Waals surface area contributed by atoms with Gasteiger partial charge in [0.2, 0.25) is 0 Å². The Balaban J connectivity index is 1.45. The van der Waals surface area contributed by atoms with Gasteiger partial charge in [-0.3, -0.25) is 0 Å². The van der Waals surface area contributed by atoms with Crippen LogP contribution in [-0.4, -0.2) is 48.8 Å². The SMILES string of the molecule is CCOc1ccc(NC(=S)N2CCC([NH+](C)C3CCCCC3)CC2)cc1. The van der Waals surface area contributed by atoms with Crippen LogP contribution < -0.4 is 15.0 Å². The highest BCUT2D eigenvalue weighted by Crippen LogP contribution is 2.19. The summed E-state index contributed by atoms with van der Waals surface area (Å²) in [4.78, 5) is 4.10. The van der Waals surface area contributed by atoms with E-state index in [-0.39, 0.29) is 0 Å². The van der Waals surface area contributed by atoms with Gasteiger partial charge in [0, 0.05) is 31.6 Å². The van der Waals surface area contributed by atoms with E-state index in [9.17, 15) is 0 Å². The fraction of sp³-hybridized carbons (Fsp3) is 0.667. The molecule has 3 rings (SSSR count). The number of hydrogen-bond acceptors (Lipinski definition) is 2. The molecule has 0 amide bonds. The van der Waals surface area contributed by atoms with Gasteiger partial charge in [0.05, 0.1) is 25.7 Å². The number of anilines is 1. The van der Waals surface area contributed by atoms with Crippen LogP contribution in [0.2, 0.25) is 0 Å². The van der Waals surface area contributed by atoms with E-state index >= 15 is 0 Å². The Kier molecular flexibility index (Phi) is 7.15. The predicted molar refractivity (Wildman–Crippen MR) is 112 cm³/mol. The molecule has 0 radical (unpaired) electrons. The summed E-state index contributed by atoms with van der Waals surface area (Å²) in [5.41, 5.74) is 1.03. The summed E-state index contributed by atoms with van der Waals surface area (Å²) >= 11 is 5.65. The maximum absolute atomic E-state index is 5.65. The Hall–Kier alpha value is -1.33. The van der Waals surface area contributed by atoms with Gasteiger partial charge in [-0.15, -0.1) is 0 Å². The van der Waals surface area contributed by atoms with Crippen molar-refractivity contribution in [3.05, 3.63) is 24.3 Å². The highest BCUT2D eigenvalue weighted by Gasteiger charge is 2.31. The first-order valence-electron chi connectivity index (χ1n) is 10.3. The van der Waals surface area contributed by atoms with Gasteiger partial charge in [0.15, 0.2) is 5.11 Å². The minimum absolute atomic E-state index is 0.692. The molecule has 2 fully saturated rings. The third kappa shape index (κ3) is 5.10. The molecule has 2 N–H and O–H groups in total. The zero-order chi connectivity index (χ0) is 18.4. The summed E-state index contributed by atoms with van der Waals surface area (Å²) in [6.07, 6.45) is 9.62. The summed E-state index contributed by atoms with van der Waals surface area (Å²) in [5, 5.41) is 4.23. The van der Waals surface area contributed by atoms with Crippen LogP contribution in [-0.2, 0) is 0 Å². The lowest BCUT2D eigenvalue weighted by Gasteiger charge is -2.39. The summed E-state index contributed by atoms with van der Waals surface area (Å²) in [7, 11) is 2.42. The standard InChI is InChI=1S/C21H33N3OS/c1-3-25-20-11-9-17(10-12-20)22-21(26)24-15-13-19(14-16-24)23(2)18-7-5-4-6-8-18/h9-12,18-19H,3-8,13-16H2,1-2H3,(H,22,26)/p+1. The first kappa shape index (κ1) is 19.4. The molecule has 1 aromatic carbocycles. The maximum Gasteiger partial charge on any atom is 0.173 e. The molecule has 1 aliphatic carbocycles. The molecule has 26 heavy (non-hydrogen) atoms. The average molecular weight is 377 g/mol. The maximum atomic E-state index is 5.65. The Morgan fingerprint density at radius 2 is 1.69 bits per heavy atom. The number of likely N-dealkylation sites (tertiary alicyclic amines) is 1. The van der Waals surface area contributed by atoms with Gasteiger partial charge in [0.25, 0.3) is 0 Å². The number of hydrogen-bond donors (Lipinski definition) is 2. The normalized spacial score (nSPS) is 20.6. The Morgan fingerprint density at radius 1 is 1.08 bits per heavy atom. The van der Waals surface area contributed by atoms with Crippen molar-refractivity contribution in [3.8, 4) is 5.75 Å². The van der Waals surface area contributed by atoms with Crippen molar-refractivity contribution >= 4 is 23.0 Å². The van der Waals surface area contributed by atoms with Crippen LogP contribution in [0.5, 0.6) is 5.75 Å². The topological polar surface area (TPSA) is 28.9 Å². The summed E-state index contributed by atoms with van der Waals surface area (Å²) in [6, 6.07) is 9.72. The lowest BCUT2D eigenvalue weighted by atomic mass is 9.92. The summed E-state index contributed by atoms with van der Waals surface area (Å²) in [6.45, 7) is 4.82. The molecular weight excluding hydrogens is 342 g/mol. The fourth-order valence-electron chi connectivity index (χ4n) is 4.43. The van der Waals surface area contributed by atoms with E-state index in [2.05, 4.69) is 17.3 Å². The van der Waals surface area contributed by atoms with Crippen molar-refractivity contribution in [1.29, 1.82) is 0 Å². The average Bonchev–Trinajstić information content (AvgIpc) is 2.70. The summed E-state index contributed by atoms with van der Waals surface area (Å²) < 4.78 is 5.49. The van der Waals surface area contributed by atoms with Crippen LogP contribution in [0.4, 0.5) is 5.69 Å². The van der Waals surface area contributed by atoms with E-state index in [4.69, 9.17) is 17.0 Å². The van der Waals surface area contributed by atoms with Crippen LogP contribution in [0, 0.1) is 0 Å². The van der Waals surface area contributed by atoms with Crippen LogP contribution in [0.3, 0.4) is 0 Å². The van der Waals surface area contributed by atoms with E-state index in [1.165, 1.54) is 44.9 Å². The minimum Gasteiger partial charge on any atom is -0.494 e. The molecule has 2 aliphatic rings. The zero-order valence-corrected chi connectivity index (χ0v) is 17.1. The molecule has 1 atom stereocenters. The van der Waals surface area contributed by atoms with Crippen LogP contribution in [0.25, 0.3) is 0 Å². The molecule has 1 saturated carbocycles. The molecule has 4 nitrogen and oxygen atoms in total. The van der Waals surface area contributed by atoms with Gasteiger partial charge < -0.3 is 19.9 Å². The van der Waals surface area contributed by atoms with Crippen molar-refractivity contribution in [3.63, 3.8) is 0 Å². The van der Waals surface area contributed by atoms with Gasteiger partial charge in [-0.1, -0.05) is 6.42 Å². The van der Waals surface area contributed by atoms with E-state index in [0.29, 0.717) is 6.61 Å². The molecule has 1 aliphatic heterocycles. The van der Waals surface area contributed by atoms with Gasteiger partial charge in [-0.25, -0.2) is 0 Å². The number of benzene rings is 1. The number of thiocarbonyl (C=S) groups is 1. The van der Waals surface area contributed by atoms with E-state index in [1.807, 2.05) is 31.2 Å². The van der Waals surface area contributed by atoms with Crippen LogP contribution in [0.1, 0.15) is 51.9 Å². The number of quaternary nitrogens is 1. The van der Waals surface area contributed by atoms with E-state index in [0.717, 1.165) is 41.7 Å². The number of nitrogens with one attached hydrogen (secondary N) is 2. The van der Waals surface area contributed by atoms with Gasteiger partial charge in [-0.05, 0) is 69.1 Å². The second kappa shape index (κ2) is 9.56. The van der Waals surface area contributed by atoms with Crippen molar-refractivity contribution in [1.82, 2.24) is 4.90 Å². The summed E-state index contributed by atoms with van der Waals surface area (Å²) in [5.74, 6) is 0.901. The van der Waals surface area contributed by atoms with Crippen LogP contribution in [0.15, 0.2) is 24.3 Å². The van der Waals surface area contributed by atoms with E-state index < -0.39 is 0 Å². The largest absolute Gasteiger partial charge is 0.494 e. The smallest absolute Gasteiger partial charge is 0.173 e. The minimum atomic E-state index is 0.692. The zero-order valence-electron chi connectivity index (χ0n) is 16.3. The van der Waals surface area contributed by atoms with Crippen molar-refractivity contribution < 1.29 is 9.64 Å². The number of piperidine rings is 1. The first-order valence-corrected chi connectivity index (χ1v) is 10.7. The molecule has 1 unspecified atom stereocenters. The second-order valence-corrected chi connectivity index (χ2v) is 8.11. The number of nitrogens with zero attached hydrogens (tertiary/aromatic N) is 1. The predicted octanol–water partition coefficient (Wildman–Crippen LogP) is 3.09. The molecule has 1 saturated heterocycles. The van der Waals surface area contributed by atoms with Gasteiger partial charge >= 0.3 is 0 Å². The Labute approximate surface area is 163 Å². The number of rotatable bonds is 5. The third-order valence-corrected chi connectivity index (χ3v) is 6.45. The molecule has 0 bridgehead atoms. The highest BCUT2D eigenvalue weighted by atomic mass is 32.1. The third-order valence-electron chi connectivity index (χ3n) is 6.09. The molecule has 5 heteroatoms. The monoisotopic (exact) mass is 376 g/mol. The van der Waals surface area contributed by atoms with Gasteiger partial charge in [-0.2, -0.15) is 0 Å². The molecular formula is C21H34N3OS+. The number of ether oxygens (including phenoxy) is 1. The molecule has 1 aromatic rings. The second-order valence-electron chi connectivity index (χ2n) is 7.73. The Morgan fingerprint density at radius 3 is 2.31 bits per heavy atom. The lowest BCUT2D eigenvalue weighted by molar-refractivity contribution is -0.933.